The van der Waals surface area contributed by atoms with E-state index in [0.29, 0.717) is 0 Å². The summed E-state index contributed by atoms with van der Waals surface area (Å²) in [5.74, 6) is -0.101. The van der Waals surface area contributed by atoms with Gasteiger partial charge in [0.1, 0.15) is 23.3 Å². The van der Waals surface area contributed by atoms with Crippen LogP contribution in [0.5, 0.6) is 11.5 Å². The Morgan fingerprint density at radius 2 is 1.90 bits per heavy atom. The van der Waals surface area contributed by atoms with E-state index in [-0.39, 0.29) is 29.2 Å². The molecule has 5 heteroatoms. The van der Waals surface area contributed by atoms with Crippen LogP contribution in [0, 0.1) is 0 Å². The maximum Gasteiger partial charge on any atom is 0.214 e. The number of hydrogen-bond donors (Lipinski definition) is 2. The Labute approximate surface area is 121 Å². The first kappa shape index (κ1) is 13.2. The van der Waals surface area contributed by atoms with Crippen molar-refractivity contribution in [2.24, 2.45) is 5.16 Å². The van der Waals surface area contributed by atoms with Gasteiger partial charge in [-0.3, -0.25) is 4.79 Å². The second-order valence-electron chi connectivity index (χ2n) is 4.78. The van der Waals surface area contributed by atoms with Gasteiger partial charge in [0, 0.05) is 12.5 Å². The van der Waals surface area contributed by atoms with Gasteiger partial charge in [-0.25, -0.2) is 0 Å². The summed E-state index contributed by atoms with van der Waals surface area (Å²) in [6, 6.07) is 13.6. The number of oxime groups is 1. The molecule has 0 bridgehead atoms. The van der Waals surface area contributed by atoms with E-state index >= 15 is 0 Å². The third kappa shape index (κ3) is 2.45. The van der Waals surface area contributed by atoms with Crippen molar-refractivity contribution in [2.75, 3.05) is 0 Å². The van der Waals surface area contributed by atoms with E-state index in [1.165, 1.54) is 18.2 Å². The van der Waals surface area contributed by atoms with E-state index in [9.17, 15) is 9.90 Å². The minimum Gasteiger partial charge on any atom is -0.508 e. The first-order valence-corrected chi connectivity index (χ1v) is 6.49. The van der Waals surface area contributed by atoms with Crippen molar-refractivity contribution in [3.63, 3.8) is 0 Å². The van der Waals surface area contributed by atoms with Crippen molar-refractivity contribution in [3.8, 4) is 11.5 Å². The zero-order valence-corrected chi connectivity index (χ0v) is 11.1. The SMILES string of the molecule is O=C1C(=NO)CC(c2ccccc2)Oc2cc(O)ccc21. The number of Topliss-reactive ketones (excluding diaryl/α,β-unsaturated/α-hetero) is 1. The predicted octanol–water partition coefficient (Wildman–Crippen LogP) is 2.93. The summed E-state index contributed by atoms with van der Waals surface area (Å²) in [6.45, 7) is 0. The number of nitrogens with zero attached hydrogens (tertiary/aromatic N) is 1. The number of hydrogen-bond acceptors (Lipinski definition) is 5. The summed E-state index contributed by atoms with van der Waals surface area (Å²) < 4.78 is 5.85. The molecule has 0 spiro atoms. The maximum absolute atomic E-state index is 12.3. The fraction of sp³-hybridized carbons (Fsp3) is 0.125. The lowest BCUT2D eigenvalue weighted by molar-refractivity contribution is 0.106. The minimum atomic E-state index is -0.455. The first-order chi connectivity index (χ1) is 10.2. The van der Waals surface area contributed by atoms with Gasteiger partial charge in [0.15, 0.2) is 0 Å². The summed E-state index contributed by atoms with van der Waals surface area (Å²) in [4.78, 5) is 12.3. The third-order valence-corrected chi connectivity index (χ3v) is 3.41. The van der Waals surface area contributed by atoms with Gasteiger partial charge in [0.25, 0.3) is 0 Å². The monoisotopic (exact) mass is 283 g/mol. The molecule has 0 aromatic heterocycles. The van der Waals surface area contributed by atoms with Gasteiger partial charge >= 0.3 is 0 Å². The molecular weight excluding hydrogens is 270 g/mol. The molecule has 0 amide bonds. The van der Waals surface area contributed by atoms with Gasteiger partial charge in [-0.15, -0.1) is 0 Å². The number of carbonyl (C=O) groups excluding carboxylic acids is 1. The fourth-order valence-corrected chi connectivity index (χ4v) is 2.35. The second-order valence-corrected chi connectivity index (χ2v) is 4.78. The van der Waals surface area contributed by atoms with Crippen LogP contribution in [-0.2, 0) is 0 Å². The molecule has 2 N–H and O–H groups in total. The van der Waals surface area contributed by atoms with Crippen molar-refractivity contribution in [3.05, 3.63) is 59.7 Å². The molecule has 21 heavy (non-hydrogen) atoms. The number of ether oxygens (including phenoxy) is 1. The number of ketones is 1. The molecule has 1 heterocycles. The number of rotatable bonds is 1. The Balaban J connectivity index is 2.09. The van der Waals surface area contributed by atoms with Crippen molar-refractivity contribution < 1.29 is 19.8 Å². The van der Waals surface area contributed by atoms with E-state index in [0.717, 1.165) is 5.56 Å². The van der Waals surface area contributed by atoms with Crippen LogP contribution < -0.4 is 4.74 Å². The zero-order chi connectivity index (χ0) is 14.8. The fourth-order valence-electron chi connectivity index (χ4n) is 2.35. The molecule has 0 radical (unpaired) electrons. The number of phenols is 1. The third-order valence-electron chi connectivity index (χ3n) is 3.41. The highest BCUT2D eigenvalue weighted by molar-refractivity contribution is 6.46. The number of fused-ring (bicyclic) bond motifs is 1. The Morgan fingerprint density at radius 1 is 1.14 bits per heavy atom. The first-order valence-electron chi connectivity index (χ1n) is 6.49. The molecule has 0 saturated heterocycles. The van der Waals surface area contributed by atoms with E-state index in [1.54, 1.807) is 0 Å². The van der Waals surface area contributed by atoms with Crippen molar-refractivity contribution >= 4 is 11.5 Å². The van der Waals surface area contributed by atoms with Crippen LogP contribution >= 0.6 is 0 Å². The molecule has 1 unspecified atom stereocenters. The average molecular weight is 283 g/mol. The highest BCUT2D eigenvalue weighted by Crippen LogP contribution is 2.34. The van der Waals surface area contributed by atoms with Crippen molar-refractivity contribution in [2.45, 2.75) is 12.5 Å². The van der Waals surface area contributed by atoms with Crippen LogP contribution in [0.1, 0.15) is 28.4 Å². The largest absolute Gasteiger partial charge is 0.508 e. The smallest absolute Gasteiger partial charge is 0.214 e. The van der Waals surface area contributed by atoms with Gasteiger partial charge in [-0.2, -0.15) is 0 Å². The summed E-state index contributed by atoms with van der Waals surface area (Å²) in [5.41, 5.74) is 1.18. The van der Waals surface area contributed by atoms with Crippen molar-refractivity contribution in [1.29, 1.82) is 0 Å². The highest BCUT2D eigenvalue weighted by atomic mass is 16.5. The number of aromatic hydroxyl groups is 1. The molecule has 0 aliphatic carbocycles. The molecule has 1 aliphatic heterocycles. The molecular formula is C16H13NO4. The Bertz CT molecular complexity index is 709. The molecule has 1 aliphatic rings. The maximum atomic E-state index is 12.3. The van der Waals surface area contributed by atoms with Crippen LogP contribution in [0.25, 0.3) is 0 Å². The number of phenolic OH excluding ortho intramolecular Hbond substituents is 1. The van der Waals surface area contributed by atoms with Gasteiger partial charge in [-0.1, -0.05) is 35.5 Å². The molecule has 1 atom stereocenters. The van der Waals surface area contributed by atoms with E-state index in [4.69, 9.17) is 9.94 Å². The average Bonchev–Trinajstić information content (AvgIpc) is 2.64. The van der Waals surface area contributed by atoms with E-state index < -0.39 is 11.9 Å². The summed E-state index contributed by atoms with van der Waals surface area (Å²) in [7, 11) is 0. The highest BCUT2D eigenvalue weighted by Gasteiger charge is 2.29. The van der Waals surface area contributed by atoms with Crippen LogP contribution in [-0.4, -0.2) is 21.8 Å². The summed E-state index contributed by atoms with van der Waals surface area (Å²) in [5, 5.41) is 21.8. The molecule has 3 rings (SSSR count). The van der Waals surface area contributed by atoms with Gasteiger partial charge in [-0.05, 0) is 17.7 Å². The van der Waals surface area contributed by atoms with Crippen LogP contribution in [0.4, 0.5) is 0 Å². The van der Waals surface area contributed by atoms with E-state index in [2.05, 4.69) is 5.16 Å². The van der Waals surface area contributed by atoms with Crippen LogP contribution in [0.15, 0.2) is 53.7 Å². The summed E-state index contributed by atoms with van der Waals surface area (Å²) >= 11 is 0. The van der Waals surface area contributed by atoms with Gasteiger partial charge in [0.2, 0.25) is 5.78 Å². The van der Waals surface area contributed by atoms with Gasteiger partial charge in [0.05, 0.1) is 5.56 Å². The lowest BCUT2D eigenvalue weighted by Gasteiger charge is -2.17. The Hall–Kier alpha value is -2.82. The van der Waals surface area contributed by atoms with Crippen LogP contribution in [0.3, 0.4) is 0 Å². The van der Waals surface area contributed by atoms with Gasteiger partial charge < -0.3 is 15.1 Å². The standard InChI is InChI=1S/C16H13NO4/c18-11-6-7-12-15(8-11)21-14(9-13(17-20)16(12)19)10-4-2-1-3-5-10/h1-8,14,18,20H,9H2. The minimum absolute atomic E-state index is 0.0118. The number of carbonyl (C=O) groups is 1. The topological polar surface area (TPSA) is 79.1 Å². The lowest BCUT2D eigenvalue weighted by atomic mass is 10.0. The molecule has 2 aromatic rings. The predicted molar refractivity (Wildman–Crippen MR) is 76.1 cm³/mol. The zero-order valence-electron chi connectivity index (χ0n) is 11.1. The quantitative estimate of drug-likeness (QED) is 0.623. The molecule has 0 saturated carbocycles. The van der Waals surface area contributed by atoms with Crippen LogP contribution in [0.2, 0.25) is 0 Å². The Morgan fingerprint density at radius 3 is 2.62 bits per heavy atom. The number of benzene rings is 2. The normalized spacial score (nSPS) is 19.7. The molecule has 2 aromatic carbocycles. The van der Waals surface area contributed by atoms with Crippen molar-refractivity contribution in [1.82, 2.24) is 0 Å². The molecule has 106 valence electrons. The van der Waals surface area contributed by atoms with E-state index in [1.807, 2.05) is 30.3 Å². The summed E-state index contributed by atoms with van der Waals surface area (Å²) in [6.07, 6.45) is -0.293. The second kappa shape index (κ2) is 5.28. The lowest BCUT2D eigenvalue weighted by Crippen LogP contribution is -2.16. The Kier molecular flexibility index (Phi) is 3.31. The molecule has 5 nitrogen and oxygen atoms in total. The molecule has 0 fully saturated rings.